The Morgan fingerprint density at radius 2 is 1.74 bits per heavy atom. The monoisotopic (exact) mass is 867 g/mol. The third kappa shape index (κ3) is 13.4. The van der Waals surface area contributed by atoms with Gasteiger partial charge in [-0.1, -0.05) is 79.0 Å². The largest absolute Gasteiger partial charge is 0.460 e. The van der Waals surface area contributed by atoms with Gasteiger partial charge in [0.2, 0.25) is 3.79 Å². The van der Waals surface area contributed by atoms with Crippen molar-refractivity contribution in [1.29, 1.82) is 0 Å². The highest BCUT2D eigenvalue weighted by Gasteiger charge is 2.47. The van der Waals surface area contributed by atoms with Crippen LogP contribution in [0, 0.1) is 11.3 Å². The first kappa shape index (κ1) is 47.0. The number of rotatable bonds is 12. The molecule has 2 aliphatic rings. The number of nitrogens with zero attached hydrogens (tertiary/aromatic N) is 2. The summed E-state index contributed by atoms with van der Waals surface area (Å²) in [6.45, 7) is 16.1. The van der Waals surface area contributed by atoms with Crippen LogP contribution in [0.3, 0.4) is 0 Å². The molecule has 2 saturated heterocycles. The predicted molar refractivity (Wildman–Crippen MR) is 222 cm³/mol. The highest BCUT2D eigenvalue weighted by molar-refractivity contribution is 6.67. The van der Waals surface area contributed by atoms with Gasteiger partial charge in [-0.05, 0) is 97.8 Å². The van der Waals surface area contributed by atoms with E-state index in [2.05, 4.69) is 16.1 Å². The van der Waals surface area contributed by atoms with Crippen LogP contribution in [0.25, 0.3) is 17.0 Å². The molecule has 4 rings (SSSR count). The molecule has 0 radical (unpaired) electrons. The maximum atomic E-state index is 14.3. The van der Waals surface area contributed by atoms with Crippen LogP contribution in [0.1, 0.15) is 105 Å². The number of amides is 3. The number of esters is 2. The molecule has 58 heavy (non-hydrogen) atoms. The molecule has 17 heteroatoms. The van der Waals surface area contributed by atoms with Gasteiger partial charge in [-0.25, -0.2) is 10.2 Å². The van der Waals surface area contributed by atoms with Crippen LogP contribution >= 0.6 is 34.8 Å². The highest BCUT2D eigenvalue weighted by Crippen LogP contribution is 2.42. The van der Waals surface area contributed by atoms with Gasteiger partial charge < -0.3 is 29.6 Å². The van der Waals surface area contributed by atoms with Crippen molar-refractivity contribution in [2.24, 2.45) is 11.3 Å². The smallest absolute Gasteiger partial charge is 0.408 e. The summed E-state index contributed by atoms with van der Waals surface area (Å²) in [5.74, 6) is -2.87. The minimum absolute atomic E-state index is 0.279. The lowest BCUT2D eigenvalue weighted by molar-refractivity contribution is -0.177. The number of carbonyl (C=O) groups is 5. The quantitative estimate of drug-likeness (QED) is 0.115. The van der Waals surface area contributed by atoms with E-state index in [0.29, 0.717) is 30.5 Å². The van der Waals surface area contributed by atoms with Gasteiger partial charge in [0.15, 0.2) is 6.10 Å². The van der Waals surface area contributed by atoms with Crippen molar-refractivity contribution < 1.29 is 42.9 Å². The zero-order valence-corrected chi connectivity index (χ0v) is 36.8. The molecule has 2 aromatic rings. The number of benzene rings is 1. The Balaban J connectivity index is 1.49. The van der Waals surface area contributed by atoms with E-state index in [4.69, 9.17) is 58.7 Å². The highest BCUT2D eigenvalue weighted by atomic mass is 35.6. The normalized spacial score (nSPS) is 21.5. The molecule has 2 fully saturated rings. The standard InChI is InChI=1S/C41H56Cl3N5O9/c1-24(2)32(33(50)45-26(4)34(51)49-19-10-11-30(48-49)35(52)55-23-41(42,43)44)57-36(53)40(18-20-56-39(8,9)22-40)17-16-27-12-13-28-14-15-29(47-31(28)21-27)25(3)46-37(54)58-38(5,6)7/h12-17,21,24-26,30,32,48H,10-11,18-20,22-23H2,1-9H3,(H,45,50)(H,46,54)/b17-16+/t25-,26+,30+,32+,40?/m1/s1. The van der Waals surface area contributed by atoms with E-state index in [-0.39, 0.29) is 19.6 Å². The van der Waals surface area contributed by atoms with E-state index in [9.17, 15) is 24.0 Å². The summed E-state index contributed by atoms with van der Waals surface area (Å²) in [6, 6.07) is 7.21. The average Bonchev–Trinajstić information content (AvgIpc) is 3.12. The molecule has 1 aromatic carbocycles. The summed E-state index contributed by atoms with van der Waals surface area (Å²) in [6.07, 6.45) is 3.36. The number of nitrogens with one attached hydrogen (secondary N) is 3. The van der Waals surface area contributed by atoms with Crippen LogP contribution in [0.4, 0.5) is 4.79 Å². The number of alkyl halides is 3. The minimum Gasteiger partial charge on any atom is -0.460 e. The molecule has 1 aromatic heterocycles. The number of ether oxygens (including phenoxy) is 4. The second kappa shape index (κ2) is 19.1. The van der Waals surface area contributed by atoms with Gasteiger partial charge in [0.05, 0.1) is 28.3 Å². The lowest BCUT2D eigenvalue weighted by atomic mass is 9.73. The molecule has 0 aliphatic carbocycles. The minimum atomic E-state index is -1.78. The van der Waals surface area contributed by atoms with E-state index >= 15 is 0 Å². The second-order valence-corrected chi connectivity index (χ2v) is 19.4. The van der Waals surface area contributed by atoms with Crippen LogP contribution in [0.5, 0.6) is 0 Å². The van der Waals surface area contributed by atoms with Crippen molar-refractivity contribution >= 4 is 81.6 Å². The zero-order valence-electron chi connectivity index (χ0n) is 34.6. The number of fused-ring (bicyclic) bond motifs is 1. The summed E-state index contributed by atoms with van der Waals surface area (Å²) >= 11 is 17.1. The summed E-state index contributed by atoms with van der Waals surface area (Å²) in [5.41, 5.74) is 2.49. The van der Waals surface area contributed by atoms with E-state index in [1.807, 2.05) is 63.3 Å². The number of hydrogen-bond donors (Lipinski definition) is 3. The molecule has 0 spiro atoms. The second-order valence-electron chi connectivity index (χ2n) is 16.9. The third-order valence-corrected chi connectivity index (χ3v) is 9.97. The van der Waals surface area contributed by atoms with E-state index in [1.165, 1.54) is 11.9 Å². The molecule has 0 saturated carbocycles. The molecule has 3 N–H and O–H groups in total. The topological polar surface area (TPSA) is 174 Å². The van der Waals surface area contributed by atoms with Crippen molar-refractivity contribution in [2.75, 3.05) is 19.8 Å². The number of pyridine rings is 1. The first-order chi connectivity index (χ1) is 26.9. The van der Waals surface area contributed by atoms with Crippen LogP contribution < -0.4 is 16.1 Å². The van der Waals surface area contributed by atoms with Gasteiger partial charge in [-0.3, -0.25) is 29.2 Å². The van der Waals surface area contributed by atoms with E-state index < -0.39 is 87.0 Å². The van der Waals surface area contributed by atoms with Gasteiger partial charge in [-0.15, -0.1) is 0 Å². The van der Waals surface area contributed by atoms with Crippen molar-refractivity contribution in [3.05, 3.63) is 47.7 Å². The molecule has 5 atom stereocenters. The Bertz CT molecular complexity index is 1860. The molecule has 320 valence electrons. The summed E-state index contributed by atoms with van der Waals surface area (Å²) in [7, 11) is 0. The molecule has 3 amide bonds. The Hall–Kier alpha value is -3.69. The lowest BCUT2D eigenvalue weighted by Crippen LogP contribution is -2.60. The van der Waals surface area contributed by atoms with Crippen LogP contribution in [0.2, 0.25) is 0 Å². The summed E-state index contributed by atoms with van der Waals surface area (Å²) < 4.78 is 20.7. The first-order valence-electron chi connectivity index (χ1n) is 19.4. The Morgan fingerprint density at radius 1 is 1.05 bits per heavy atom. The van der Waals surface area contributed by atoms with Gasteiger partial charge in [0.25, 0.3) is 11.8 Å². The van der Waals surface area contributed by atoms with Crippen LogP contribution in [-0.2, 0) is 38.1 Å². The number of alkyl carbamates (subject to hydrolysis) is 1. The molecular formula is C41H56Cl3N5O9. The Kier molecular flexibility index (Phi) is 15.5. The van der Waals surface area contributed by atoms with Crippen LogP contribution in [-0.4, -0.2) is 92.8 Å². The fraction of sp³-hybridized carbons (Fsp3) is 0.610. The van der Waals surface area contributed by atoms with Crippen molar-refractivity contribution in [3.8, 4) is 0 Å². The van der Waals surface area contributed by atoms with Gasteiger partial charge in [-0.2, -0.15) is 0 Å². The Morgan fingerprint density at radius 3 is 2.38 bits per heavy atom. The van der Waals surface area contributed by atoms with Crippen molar-refractivity contribution in [1.82, 2.24) is 26.1 Å². The molecule has 0 bridgehead atoms. The Labute approximate surface area is 355 Å². The van der Waals surface area contributed by atoms with Crippen molar-refractivity contribution in [3.63, 3.8) is 0 Å². The van der Waals surface area contributed by atoms with Gasteiger partial charge in [0.1, 0.15) is 24.3 Å². The molecule has 14 nitrogen and oxygen atoms in total. The fourth-order valence-corrected chi connectivity index (χ4v) is 6.95. The fourth-order valence-electron chi connectivity index (χ4n) is 6.79. The van der Waals surface area contributed by atoms with Gasteiger partial charge in [0, 0.05) is 18.5 Å². The molecule has 3 heterocycles. The SMILES string of the molecule is CC(C)[C@H](OC(=O)C1(/C=C/c2ccc3ccc([C@@H](C)NC(=O)OC(C)(C)C)nc3c2)CCOC(C)(C)C1)C(=O)N[C@@H](C)C(=O)N1CCC[C@@H](C(=O)OCC(Cl)(Cl)Cl)N1. The number of hydrazine groups is 1. The molecule has 2 aliphatic heterocycles. The number of carbonyl (C=O) groups excluding carboxylic acids is 5. The average molecular weight is 869 g/mol. The van der Waals surface area contributed by atoms with E-state index in [1.54, 1.807) is 34.6 Å². The zero-order chi connectivity index (χ0) is 43.2. The summed E-state index contributed by atoms with van der Waals surface area (Å²) in [5, 5.41) is 7.66. The predicted octanol–water partition coefficient (Wildman–Crippen LogP) is 6.89. The van der Waals surface area contributed by atoms with Gasteiger partial charge >= 0.3 is 18.0 Å². The lowest BCUT2D eigenvalue weighted by Gasteiger charge is -2.42. The maximum absolute atomic E-state index is 14.3. The van der Waals surface area contributed by atoms with Crippen LogP contribution in [0.15, 0.2) is 36.4 Å². The van der Waals surface area contributed by atoms with E-state index in [0.717, 1.165) is 10.9 Å². The summed E-state index contributed by atoms with van der Waals surface area (Å²) in [4.78, 5) is 71.2. The molecular weight excluding hydrogens is 813 g/mol. The first-order valence-corrected chi connectivity index (χ1v) is 20.6. The number of hydrogen-bond acceptors (Lipinski definition) is 11. The van der Waals surface area contributed by atoms with Crippen molar-refractivity contribution in [2.45, 2.75) is 127 Å². The molecule has 1 unspecified atom stereocenters. The third-order valence-electron chi connectivity index (χ3n) is 9.64. The number of halogens is 3. The maximum Gasteiger partial charge on any atom is 0.408 e. The number of aromatic nitrogens is 1.